The van der Waals surface area contributed by atoms with Gasteiger partial charge in [-0.15, -0.1) is 0 Å². The van der Waals surface area contributed by atoms with Crippen LogP contribution in [0.1, 0.15) is 19.4 Å². The molecule has 0 aromatic heterocycles. The first kappa shape index (κ1) is 17.6. The minimum absolute atomic E-state index is 0.107. The first-order valence-electron chi connectivity index (χ1n) is 6.79. The number of nitrogens with zero attached hydrogens (tertiary/aromatic N) is 1. The molecule has 0 aliphatic heterocycles. The van der Waals surface area contributed by atoms with Gasteiger partial charge in [0.05, 0.1) is 18.3 Å². The van der Waals surface area contributed by atoms with Crippen LogP contribution in [-0.2, 0) is 9.53 Å². The summed E-state index contributed by atoms with van der Waals surface area (Å²) in [5.74, 6) is -0.107. The van der Waals surface area contributed by atoms with E-state index in [4.69, 9.17) is 22.7 Å². The zero-order chi connectivity index (χ0) is 16.0. The minimum atomic E-state index is -0.297. The maximum absolute atomic E-state index is 12.4. The normalized spacial score (nSPS) is 13.8. The van der Waals surface area contributed by atoms with E-state index in [1.165, 1.54) is 0 Å². The second kappa shape index (κ2) is 8.07. The number of hydrogen-bond acceptors (Lipinski definition) is 4. The number of carbonyl (C=O) groups is 1. The lowest BCUT2D eigenvalue weighted by Gasteiger charge is -2.29. The summed E-state index contributed by atoms with van der Waals surface area (Å²) in [6, 6.07) is 7.09. The SMILES string of the molecule is COCC(C)N(C)C(C)C(=O)Nc1ccccc1C(N)=S. The summed E-state index contributed by atoms with van der Waals surface area (Å²) < 4.78 is 5.12. The van der Waals surface area contributed by atoms with Crippen molar-refractivity contribution in [3.05, 3.63) is 29.8 Å². The summed E-state index contributed by atoms with van der Waals surface area (Å²) in [7, 11) is 3.54. The summed E-state index contributed by atoms with van der Waals surface area (Å²) in [5, 5.41) is 2.88. The maximum Gasteiger partial charge on any atom is 0.241 e. The Labute approximate surface area is 131 Å². The van der Waals surface area contributed by atoms with Crippen molar-refractivity contribution < 1.29 is 9.53 Å². The van der Waals surface area contributed by atoms with Crippen LogP contribution in [0.15, 0.2) is 24.3 Å². The first-order valence-corrected chi connectivity index (χ1v) is 7.19. The van der Waals surface area contributed by atoms with Gasteiger partial charge >= 0.3 is 0 Å². The molecule has 6 heteroatoms. The van der Waals surface area contributed by atoms with E-state index in [0.29, 0.717) is 17.9 Å². The molecule has 1 aromatic rings. The summed E-state index contributed by atoms with van der Waals surface area (Å²) >= 11 is 5.00. The van der Waals surface area contributed by atoms with Gasteiger partial charge in [-0.25, -0.2) is 0 Å². The molecule has 2 atom stereocenters. The van der Waals surface area contributed by atoms with E-state index in [1.54, 1.807) is 19.2 Å². The average molecular weight is 309 g/mol. The Morgan fingerprint density at radius 3 is 2.62 bits per heavy atom. The zero-order valence-electron chi connectivity index (χ0n) is 12.9. The van der Waals surface area contributed by atoms with Crippen molar-refractivity contribution in [2.75, 3.05) is 26.1 Å². The number of hydrogen-bond donors (Lipinski definition) is 2. The third-order valence-electron chi connectivity index (χ3n) is 3.54. The summed E-state index contributed by atoms with van der Waals surface area (Å²) in [5.41, 5.74) is 6.97. The van der Waals surface area contributed by atoms with Gasteiger partial charge in [-0.05, 0) is 33.0 Å². The maximum atomic E-state index is 12.4. The molecule has 1 rings (SSSR count). The van der Waals surface area contributed by atoms with Crippen molar-refractivity contribution in [1.82, 2.24) is 4.90 Å². The predicted molar refractivity (Wildman–Crippen MR) is 89.5 cm³/mol. The molecular formula is C15H23N3O2S. The number of nitrogens with one attached hydrogen (secondary N) is 1. The lowest BCUT2D eigenvalue weighted by atomic mass is 10.1. The summed E-state index contributed by atoms with van der Waals surface area (Å²) in [4.78, 5) is 14.6. The number of anilines is 1. The molecule has 1 aromatic carbocycles. The number of rotatable bonds is 7. The number of thiocarbonyl (C=S) groups is 1. The molecule has 116 valence electrons. The molecule has 0 spiro atoms. The second-order valence-corrected chi connectivity index (χ2v) is 5.48. The topological polar surface area (TPSA) is 67.6 Å². The Morgan fingerprint density at radius 1 is 1.43 bits per heavy atom. The van der Waals surface area contributed by atoms with Crippen molar-refractivity contribution >= 4 is 28.8 Å². The standard InChI is InChI=1S/C15H23N3O2S/c1-10(9-20-4)18(3)11(2)15(19)17-13-8-6-5-7-12(13)14(16)21/h5-8,10-11H,9H2,1-4H3,(H2,16,21)(H,17,19). The third kappa shape index (κ3) is 4.77. The summed E-state index contributed by atoms with van der Waals surface area (Å²) in [6.45, 7) is 4.43. The van der Waals surface area contributed by atoms with Crippen LogP contribution in [0.4, 0.5) is 5.69 Å². The van der Waals surface area contributed by atoms with E-state index >= 15 is 0 Å². The Morgan fingerprint density at radius 2 is 2.05 bits per heavy atom. The van der Waals surface area contributed by atoms with Crippen LogP contribution < -0.4 is 11.1 Å². The molecule has 0 radical (unpaired) electrons. The number of benzene rings is 1. The Balaban J connectivity index is 2.79. The Hall–Kier alpha value is -1.50. The van der Waals surface area contributed by atoms with Gasteiger partial charge in [0.25, 0.3) is 0 Å². The molecule has 0 saturated heterocycles. The van der Waals surface area contributed by atoms with Gasteiger partial charge in [0.2, 0.25) is 5.91 Å². The fraction of sp³-hybridized carbons (Fsp3) is 0.467. The van der Waals surface area contributed by atoms with Crippen molar-refractivity contribution in [2.24, 2.45) is 5.73 Å². The van der Waals surface area contributed by atoms with Gasteiger partial charge in [0, 0.05) is 18.7 Å². The van der Waals surface area contributed by atoms with Gasteiger partial charge in [0.15, 0.2) is 0 Å². The smallest absolute Gasteiger partial charge is 0.241 e. The fourth-order valence-corrected chi connectivity index (χ4v) is 2.15. The molecule has 21 heavy (non-hydrogen) atoms. The highest BCUT2D eigenvalue weighted by molar-refractivity contribution is 7.80. The highest BCUT2D eigenvalue weighted by Crippen LogP contribution is 2.16. The summed E-state index contributed by atoms with van der Waals surface area (Å²) in [6.07, 6.45) is 0. The molecule has 0 aliphatic carbocycles. The predicted octanol–water partition coefficient (Wildman–Crippen LogP) is 1.61. The third-order valence-corrected chi connectivity index (χ3v) is 3.76. The van der Waals surface area contributed by atoms with E-state index < -0.39 is 0 Å². The zero-order valence-corrected chi connectivity index (χ0v) is 13.7. The highest BCUT2D eigenvalue weighted by atomic mass is 32.1. The Kier molecular flexibility index (Phi) is 6.74. The van der Waals surface area contributed by atoms with Gasteiger partial charge < -0.3 is 15.8 Å². The van der Waals surface area contributed by atoms with Gasteiger partial charge in [-0.1, -0.05) is 24.4 Å². The number of para-hydroxylation sites is 1. The van der Waals surface area contributed by atoms with E-state index in [-0.39, 0.29) is 23.0 Å². The number of ether oxygens (including phenoxy) is 1. The van der Waals surface area contributed by atoms with Crippen LogP contribution in [0.3, 0.4) is 0 Å². The number of amides is 1. The van der Waals surface area contributed by atoms with Gasteiger partial charge in [-0.2, -0.15) is 0 Å². The molecule has 0 heterocycles. The molecular weight excluding hydrogens is 286 g/mol. The number of nitrogens with two attached hydrogens (primary N) is 1. The van der Waals surface area contributed by atoms with Crippen LogP contribution in [0.5, 0.6) is 0 Å². The molecule has 0 fully saturated rings. The first-order chi connectivity index (χ1) is 9.88. The Bertz CT molecular complexity index is 507. The molecule has 2 unspecified atom stereocenters. The molecule has 0 saturated carbocycles. The fourth-order valence-electron chi connectivity index (χ4n) is 1.97. The van der Waals surface area contributed by atoms with E-state index in [9.17, 15) is 4.79 Å². The van der Waals surface area contributed by atoms with Crippen molar-refractivity contribution in [1.29, 1.82) is 0 Å². The lowest BCUT2D eigenvalue weighted by Crippen LogP contribution is -2.45. The molecule has 3 N–H and O–H groups in total. The van der Waals surface area contributed by atoms with Crippen molar-refractivity contribution in [3.63, 3.8) is 0 Å². The molecule has 0 bridgehead atoms. The number of methoxy groups -OCH3 is 1. The lowest BCUT2D eigenvalue weighted by molar-refractivity contribution is -0.121. The van der Waals surface area contributed by atoms with Gasteiger partial charge in [-0.3, -0.25) is 9.69 Å². The van der Waals surface area contributed by atoms with Crippen LogP contribution in [0.25, 0.3) is 0 Å². The van der Waals surface area contributed by atoms with Crippen molar-refractivity contribution in [3.8, 4) is 0 Å². The quantitative estimate of drug-likeness (QED) is 0.749. The van der Waals surface area contributed by atoms with Gasteiger partial charge in [0.1, 0.15) is 4.99 Å². The van der Waals surface area contributed by atoms with E-state index in [0.717, 1.165) is 0 Å². The number of carbonyl (C=O) groups excluding carboxylic acids is 1. The molecule has 1 amide bonds. The molecule has 5 nitrogen and oxygen atoms in total. The number of likely N-dealkylation sites (N-methyl/N-ethyl adjacent to an activating group) is 1. The molecule has 0 aliphatic rings. The largest absolute Gasteiger partial charge is 0.389 e. The monoisotopic (exact) mass is 309 g/mol. The van der Waals surface area contributed by atoms with Crippen molar-refractivity contribution in [2.45, 2.75) is 25.9 Å². The highest BCUT2D eigenvalue weighted by Gasteiger charge is 2.22. The minimum Gasteiger partial charge on any atom is -0.389 e. The van der Waals surface area contributed by atoms with Crippen LogP contribution >= 0.6 is 12.2 Å². The van der Waals surface area contributed by atoms with Crippen LogP contribution in [0.2, 0.25) is 0 Å². The van der Waals surface area contributed by atoms with E-state index in [1.807, 2.05) is 37.9 Å². The van der Waals surface area contributed by atoms with Crippen LogP contribution in [0, 0.1) is 0 Å². The second-order valence-electron chi connectivity index (χ2n) is 5.04. The average Bonchev–Trinajstić information content (AvgIpc) is 2.46. The van der Waals surface area contributed by atoms with Crippen LogP contribution in [-0.4, -0.2) is 48.6 Å². The van der Waals surface area contributed by atoms with E-state index in [2.05, 4.69) is 5.32 Å².